The zero-order chi connectivity index (χ0) is 19.5. The summed E-state index contributed by atoms with van der Waals surface area (Å²) in [4.78, 5) is 40.7. The number of aromatic carboxylic acids is 1. The second-order valence-corrected chi connectivity index (χ2v) is 5.90. The van der Waals surface area contributed by atoms with E-state index in [-0.39, 0.29) is 17.9 Å². The molecule has 1 atom stereocenters. The van der Waals surface area contributed by atoms with Crippen molar-refractivity contribution in [2.24, 2.45) is 11.7 Å². The molecule has 140 valence electrons. The fourth-order valence-electron chi connectivity index (χ4n) is 2.60. The van der Waals surface area contributed by atoms with Crippen molar-refractivity contribution in [2.45, 2.75) is 25.7 Å². The van der Waals surface area contributed by atoms with Gasteiger partial charge in [0.05, 0.1) is 5.56 Å². The van der Waals surface area contributed by atoms with Crippen molar-refractivity contribution in [1.82, 2.24) is 9.88 Å². The molecule has 0 radical (unpaired) electrons. The van der Waals surface area contributed by atoms with Crippen LogP contribution in [-0.4, -0.2) is 45.9 Å². The Balaban J connectivity index is 2.88. The Kier molecular flexibility index (Phi) is 8.77. The Morgan fingerprint density at radius 3 is 2.42 bits per heavy atom. The summed E-state index contributed by atoms with van der Waals surface area (Å²) in [6, 6.07) is 2.90. The van der Waals surface area contributed by atoms with Crippen molar-refractivity contribution >= 4 is 17.8 Å². The molecule has 7 heteroatoms. The smallest absolute Gasteiger partial charge is 0.335 e. The van der Waals surface area contributed by atoms with Gasteiger partial charge in [0.25, 0.3) is 0 Å². The van der Waals surface area contributed by atoms with E-state index in [0.717, 1.165) is 0 Å². The summed E-state index contributed by atoms with van der Waals surface area (Å²) in [5, 5.41) is 9.05. The van der Waals surface area contributed by atoms with E-state index in [1.165, 1.54) is 18.3 Å². The fourth-order valence-corrected chi connectivity index (χ4v) is 2.60. The zero-order valence-corrected chi connectivity index (χ0v) is 14.8. The van der Waals surface area contributed by atoms with Crippen molar-refractivity contribution in [3.63, 3.8) is 0 Å². The number of hydrogen-bond donors (Lipinski definition) is 2. The molecule has 0 aliphatic rings. The van der Waals surface area contributed by atoms with Crippen molar-refractivity contribution in [2.75, 3.05) is 13.1 Å². The number of carbonyl (C=O) groups excluding carboxylic acids is 2. The van der Waals surface area contributed by atoms with Crippen molar-refractivity contribution in [3.8, 4) is 0 Å². The van der Waals surface area contributed by atoms with E-state index < -0.39 is 17.8 Å². The van der Waals surface area contributed by atoms with Gasteiger partial charge in [-0.2, -0.15) is 0 Å². The van der Waals surface area contributed by atoms with E-state index in [0.29, 0.717) is 38.0 Å². The number of nitrogens with two attached hydrogens (primary N) is 1. The largest absolute Gasteiger partial charge is 0.478 e. The Bertz CT molecular complexity index is 663. The van der Waals surface area contributed by atoms with E-state index in [4.69, 9.17) is 10.8 Å². The quantitative estimate of drug-likeness (QED) is 0.552. The van der Waals surface area contributed by atoms with Crippen molar-refractivity contribution < 1.29 is 19.5 Å². The topological polar surface area (TPSA) is 114 Å². The molecule has 7 nitrogen and oxygen atoms in total. The molecule has 1 aromatic heterocycles. The molecule has 3 N–H and O–H groups in total. The molecule has 1 rings (SSSR count). The molecule has 0 aliphatic heterocycles. The predicted octanol–water partition coefficient (Wildman–Crippen LogP) is 1.79. The Labute approximate surface area is 153 Å². The van der Waals surface area contributed by atoms with E-state index in [2.05, 4.69) is 18.1 Å². The third-order valence-corrected chi connectivity index (χ3v) is 3.91. The van der Waals surface area contributed by atoms with E-state index in [9.17, 15) is 14.4 Å². The number of primary amides is 1. The lowest BCUT2D eigenvalue weighted by Crippen LogP contribution is -2.37. The summed E-state index contributed by atoms with van der Waals surface area (Å²) in [5.74, 6) is -2.02. The fraction of sp³-hybridized carbons (Fsp3) is 0.368. The average Bonchev–Trinajstić information content (AvgIpc) is 2.61. The molecule has 0 aromatic carbocycles. The second-order valence-electron chi connectivity index (χ2n) is 5.90. The van der Waals surface area contributed by atoms with Crippen molar-refractivity contribution in [3.05, 3.63) is 54.9 Å². The highest BCUT2D eigenvalue weighted by molar-refractivity contribution is 5.87. The van der Waals surface area contributed by atoms with Gasteiger partial charge in [0.1, 0.15) is 0 Å². The number of pyridine rings is 1. The highest BCUT2D eigenvalue weighted by Crippen LogP contribution is 2.18. The van der Waals surface area contributed by atoms with Crippen LogP contribution in [0.2, 0.25) is 0 Å². The third-order valence-electron chi connectivity index (χ3n) is 3.91. The van der Waals surface area contributed by atoms with Crippen LogP contribution in [0.5, 0.6) is 0 Å². The molecule has 26 heavy (non-hydrogen) atoms. The number of nitrogens with zero attached hydrogens (tertiary/aromatic N) is 2. The van der Waals surface area contributed by atoms with E-state index >= 15 is 0 Å². The molecule has 2 amide bonds. The van der Waals surface area contributed by atoms with Crippen LogP contribution in [0.15, 0.2) is 43.6 Å². The van der Waals surface area contributed by atoms with Crippen LogP contribution in [0.1, 0.15) is 35.3 Å². The molecule has 0 saturated heterocycles. The lowest BCUT2D eigenvalue weighted by Gasteiger charge is -2.25. The van der Waals surface area contributed by atoms with E-state index in [1.54, 1.807) is 17.1 Å². The standard InChI is InChI=1S/C19H25N3O4/c1-3-11-22(12-4-2)18(24)14(6-8-17(20)23)5-7-16-13-15(19(25)26)9-10-21-16/h3-4,9-10,13-14H,1-2,5-8,11-12H2,(H2,20,23)(H,25,26)/t14-/m1/s1. The van der Waals surface area contributed by atoms with Gasteiger partial charge in [0.15, 0.2) is 0 Å². The SMILES string of the molecule is C=CCN(CC=C)C(=O)[C@@H](CCC(N)=O)CCc1cc(C(=O)O)ccn1. The lowest BCUT2D eigenvalue weighted by molar-refractivity contribution is -0.135. The molecule has 0 unspecified atom stereocenters. The lowest BCUT2D eigenvalue weighted by atomic mass is 9.94. The Morgan fingerprint density at radius 2 is 1.88 bits per heavy atom. The minimum absolute atomic E-state index is 0.106. The molecule has 0 aliphatic carbocycles. The number of aromatic nitrogens is 1. The number of carbonyl (C=O) groups is 3. The van der Waals surface area contributed by atoms with Crippen LogP contribution in [0.3, 0.4) is 0 Å². The average molecular weight is 359 g/mol. The summed E-state index contributed by atoms with van der Waals surface area (Å²) in [7, 11) is 0. The summed E-state index contributed by atoms with van der Waals surface area (Å²) in [6.07, 6.45) is 5.99. The van der Waals surface area contributed by atoms with Gasteiger partial charge in [-0.25, -0.2) is 4.79 Å². The maximum Gasteiger partial charge on any atom is 0.335 e. The zero-order valence-electron chi connectivity index (χ0n) is 14.8. The van der Waals surface area contributed by atoms with Gasteiger partial charge in [-0.15, -0.1) is 13.2 Å². The van der Waals surface area contributed by atoms with Crippen LogP contribution >= 0.6 is 0 Å². The second kappa shape index (κ2) is 10.8. The third kappa shape index (κ3) is 6.88. The van der Waals surface area contributed by atoms with Crippen LogP contribution in [0.25, 0.3) is 0 Å². The summed E-state index contributed by atoms with van der Waals surface area (Å²) in [6.45, 7) is 8.06. The first kappa shape index (κ1) is 21.1. The maximum absolute atomic E-state index is 12.8. The number of rotatable bonds is 12. The number of carboxylic acids is 1. The summed E-state index contributed by atoms with van der Waals surface area (Å²) in [5.41, 5.74) is 5.95. The molecule has 0 fully saturated rings. The number of amides is 2. The first-order chi connectivity index (χ1) is 12.4. The monoisotopic (exact) mass is 359 g/mol. The van der Waals surface area contributed by atoms with Gasteiger partial charge in [-0.3, -0.25) is 14.6 Å². The molecular weight excluding hydrogens is 334 g/mol. The number of carboxylic acid groups (broad SMARTS) is 1. The summed E-state index contributed by atoms with van der Waals surface area (Å²) < 4.78 is 0. The molecular formula is C19H25N3O4. The van der Waals surface area contributed by atoms with Gasteiger partial charge in [-0.1, -0.05) is 12.2 Å². The molecule has 1 heterocycles. The minimum Gasteiger partial charge on any atom is -0.478 e. The van der Waals surface area contributed by atoms with Gasteiger partial charge < -0.3 is 15.7 Å². The van der Waals surface area contributed by atoms with Gasteiger partial charge >= 0.3 is 5.97 Å². The molecule has 0 bridgehead atoms. The van der Waals surface area contributed by atoms with Gasteiger partial charge in [-0.05, 0) is 31.4 Å². The van der Waals surface area contributed by atoms with Gasteiger partial charge in [0, 0.05) is 37.3 Å². The number of aryl methyl sites for hydroxylation is 1. The van der Waals surface area contributed by atoms with Crippen LogP contribution in [-0.2, 0) is 16.0 Å². The van der Waals surface area contributed by atoms with E-state index in [1.807, 2.05) is 0 Å². The predicted molar refractivity (Wildman–Crippen MR) is 98.4 cm³/mol. The maximum atomic E-state index is 12.8. The number of hydrogen-bond acceptors (Lipinski definition) is 4. The normalized spacial score (nSPS) is 11.4. The Hall–Kier alpha value is -2.96. The highest BCUT2D eigenvalue weighted by Gasteiger charge is 2.23. The van der Waals surface area contributed by atoms with Gasteiger partial charge in [0.2, 0.25) is 11.8 Å². The first-order valence-corrected chi connectivity index (χ1v) is 8.36. The first-order valence-electron chi connectivity index (χ1n) is 8.36. The molecule has 0 spiro atoms. The van der Waals surface area contributed by atoms with Crippen LogP contribution in [0, 0.1) is 5.92 Å². The van der Waals surface area contributed by atoms with Crippen molar-refractivity contribution in [1.29, 1.82) is 0 Å². The highest BCUT2D eigenvalue weighted by atomic mass is 16.4. The van der Waals surface area contributed by atoms with Crippen LogP contribution in [0.4, 0.5) is 0 Å². The molecule has 0 saturated carbocycles. The minimum atomic E-state index is -1.03. The Morgan fingerprint density at radius 1 is 1.23 bits per heavy atom. The molecule has 1 aromatic rings. The van der Waals surface area contributed by atoms with Crippen LogP contribution < -0.4 is 5.73 Å². The summed E-state index contributed by atoms with van der Waals surface area (Å²) >= 11 is 0.